The van der Waals surface area contributed by atoms with E-state index in [0.29, 0.717) is 16.8 Å². The maximum Gasteiger partial charge on any atom is 0.343 e. The van der Waals surface area contributed by atoms with Gasteiger partial charge in [0, 0.05) is 11.1 Å². The van der Waals surface area contributed by atoms with Crippen molar-refractivity contribution in [1.29, 1.82) is 0 Å². The van der Waals surface area contributed by atoms with Gasteiger partial charge in [-0.1, -0.05) is 60.7 Å². The summed E-state index contributed by atoms with van der Waals surface area (Å²) in [5.41, 5.74) is 4.26. The summed E-state index contributed by atoms with van der Waals surface area (Å²) in [6.45, 7) is 1.92. The third kappa shape index (κ3) is 3.20. The van der Waals surface area contributed by atoms with E-state index >= 15 is 0 Å². The van der Waals surface area contributed by atoms with Crippen molar-refractivity contribution in [3.63, 3.8) is 0 Å². The smallest absolute Gasteiger partial charge is 0.343 e. The number of para-hydroxylation sites is 1. The standard InChI is InChI=1S/C23H17NO2/c1-16-10-11-19-8-5-9-21(22(19)24-16)26-23(25)20-14-12-18(13-15-20)17-6-3-2-4-7-17/h2-15H,1H3. The van der Waals surface area contributed by atoms with Gasteiger partial charge >= 0.3 is 5.97 Å². The Kier molecular flexibility index (Phi) is 4.20. The second-order valence-electron chi connectivity index (χ2n) is 6.11. The van der Waals surface area contributed by atoms with Gasteiger partial charge in [-0.25, -0.2) is 9.78 Å². The molecular weight excluding hydrogens is 322 g/mol. The maximum absolute atomic E-state index is 12.5. The van der Waals surface area contributed by atoms with Crippen molar-refractivity contribution >= 4 is 16.9 Å². The molecule has 0 amide bonds. The Morgan fingerprint density at radius 2 is 1.50 bits per heavy atom. The van der Waals surface area contributed by atoms with Crippen molar-refractivity contribution in [3.05, 3.63) is 96.2 Å². The highest BCUT2D eigenvalue weighted by molar-refractivity contribution is 5.94. The van der Waals surface area contributed by atoms with Crippen LogP contribution in [0.2, 0.25) is 0 Å². The van der Waals surface area contributed by atoms with Crippen LogP contribution in [0.5, 0.6) is 5.75 Å². The van der Waals surface area contributed by atoms with Crippen LogP contribution in [0.1, 0.15) is 16.1 Å². The lowest BCUT2D eigenvalue weighted by atomic mass is 10.0. The van der Waals surface area contributed by atoms with Gasteiger partial charge in [-0.05, 0) is 42.3 Å². The van der Waals surface area contributed by atoms with Crippen LogP contribution in [0.4, 0.5) is 0 Å². The molecule has 0 N–H and O–H groups in total. The number of fused-ring (bicyclic) bond motifs is 1. The Hall–Kier alpha value is -3.46. The molecule has 1 heterocycles. The quantitative estimate of drug-likeness (QED) is 0.369. The van der Waals surface area contributed by atoms with Crippen LogP contribution in [0, 0.1) is 6.92 Å². The third-order valence-corrected chi connectivity index (χ3v) is 4.25. The van der Waals surface area contributed by atoms with E-state index in [0.717, 1.165) is 22.2 Å². The number of esters is 1. The van der Waals surface area contributed by atoms with Crippen LogP contribution in [0.25, 0.3) is 22.0 Å². The van der Waals surface area contributed by atoms with Crippen LogP contribution >= 0.6 is 0 Å². The van der Waals surface area contributed by atoms with Gasteiger partial charge in [0.1, 0.15) is 5.52 Å². The molecule has 4 rings (SSSR count). The van der Waals surface area contributed by atoms with Crippen LogP contribution in [-0.4, -0.2) is 11.0 Å². The molecule has 0 fully saturated rings. The van der Waals surface area contributed by atoms with Gasteiger partial charge in [-0.3, -0.25) is 0 Å². The fraction of sp³-hybridized carbons (Fsp3) is 0.0435. The molecule has 0 aliphatic rings. The zero-order valence-corrected chi connectivity index (χ0v) is 14.3. The molecule has 126 valence electrons. The summed E-state index contributed by atoms with van der Waals surface area (Å²) < 4.78 is 5.61. The summed E-state index contributed by atoms with van der Waals surface area (Å²) in [6.07, 6.45) is 0. The van der Waals surface area contributed by atoms with Crippen LogP contribution in [0.15, 0.2) is 84.9 Å². The minimum absolute atomic E-state index is 0.389. The van der Waals surface area contributed by atoms with E-state index in [4.69, 9.17) is 4.74 Å². The van der Waals surface area contributed by atoms with Crippen molar-refractivity contribution in [3.8, 4) is 16.9 Å². The van der Waals surface area contributed by atoms with Crippen molar-refractivity contribution in [2.75, 3.05) is 0 Å². The van der Waals surface area contributed by atoms with E-state index in [2.05, 4.69) is 4.98 Å². The van der Waals surface area contributed by atoms with Crippen molar-refractivity contribution in [1.82, 2.24) is 4.98 Å². The number of carbonyl (C=O) groups excluding carboxylic acids is 1. The monoisotopic (exact) mass is 339 g/mol. The normalized spacial score (nSPS) is 10.7. The first-order valence-corrected chi connectivity index (χ1v) is 8.45. The maximum atomic E-state index is 12.5. The van der Waals surface area contributed by atoms with Crippen molar-refractivity contribution in [2.45, 2.75) is 6.92 Å². The molecule has 0 atom stereocenters. The van der Waals surface area contributed by atoms with E-state index in [9.17, 15) is 4.79 Å². The Bertz CT molecular complexity index is 1070. The minimum atomic E-state index is -0.389. The van der Waals surface area contributed by atoms with Crippen LogP contribution < -0.4 is 4.74 Å². The highest BCUT2D eigenvalue weighted by Gasteiger charge is 2.12. The average molecular weight is 339 g/mol. The Balaban J connectivity index is 1.60. The van der Waals surface area contributed by atoms with Crippen molar-refractivity contribution in [2.24, 2.45) is 0 Å². The molecule has 4 aromatic rings. The molecule has 3 nitrogen and oxygen atoms in total. The molecule has 1 aromatic heterocycles. The van der Waals surface area contributed by atoms with Gasteiger partial charge in [-0.15, -0.1) is 0 Å². The number of hydrogen-bond acceptors (Lipinski definition) is 3. The first-order valence-electron chi connectivity index (χ1n) is 8.45. The Labute approximate surface area is 151 Å². The molecule has 0 unspecified atom stereocenters. The van der Waals surface area contributed by atoms with Gasteiger partial charge in [0.25, 0.3) is 0 Å². The molecule has 0 saturated carbocycles. The number of pyridine rings is 1. The number of hydrogen-bond donors (Lipinski definition) is 0. The number of carbonyl (C=O) groups is 1. The molecule has 3 aromatic carbocycles. The molecule has 0 aliphatic carbocycles. The highest BCUT2D eigenvalue weighted by atomic mass is 16.5. The zero-order chi connectivity index (χ0) is 17.9. The summed E-state index contributed by atoms with van der Waals surface area (Å²) in [6, 6.07) is 27.0. The molecule has 0 bridgehead atoms. The molecule has 0 spiro atoms. The lowest BCUT2D eigenvalue weighted by Gasteiger charge is -2.08. The van der Waals surface area contributed by atoms with E-state index in [-0.39, 0.29) is 5.97 Å². The summed E-state index contributed by atoms with van der Waals surface area (Å²) in [7, 11) is 0. The topological polar surface area (TPSA) is 39.2 Å². The second-order valence-corrected chi connectivity index (χ2v) is 6.11. The third-order valence-electron chi connectivity index (χ3n) is 4.25. The summed E-state index contributed by atoms with van der Waals surface area (Å²) in [5, 5.41) is 0.945. The van der Waals surface area contributed by atoms with E-state index in [1.54, 1.807) is 18.2 Å². The van der Waals surface area contributed by atoms with Crippen molar-refractivity contribution < 1.29 is 9.53 Å². The van der Waals surface area contributed by atoms with E-state index in [1.807, 2.05) is 73.7 Å². The lowest BCUT2D eigenvalue weighted by molar-refractivity contribution is 0.0737. The molecular formula is C23H17NO2. The molecule has 0 aliphatic heterocycles. The summed E-state index contributed by atoms with van der Waals surface area (Å²) in [4.78, 5) is 17.0. The largest absolute Gasteiger partial charge is 0.421 e. The number of ether oxygens (including phenoxy) is 1. The lowest BCUT2D eigenvalue weighted by Crippen LogP contribution is -2.09. The van der Waals surface area contributed by atoms with Crippen LogP contribution in [-0.2, 0) is 0 Å². The van der Waals surface area contributed by atoms with Gasteiger partial charge < -0.3 is 4.74 Å². The Morgan fingerprint density at radius 1 is 0.769 bits per heavy atom. The van der Waals surface area contributed by atoms with Gasteiger partial charge in [0.15, 0.2) is 5.75 Å². The fourth-order valence-corrected chi connectivity index (χ4v) is 2.89. The first kappa shape index (κ1) is 16.0. The van der Waals surface area contributed by atoms with Gasteiger partial charge in [0.2, 0.25) is 0 Å². The SMILES string of the molecule is Cc1ccc2cccc(OC(=O)c3ccc(-c4ccccc4)cc3)c2n1. The first-order chi connectivity index (χ1) is 12.7. The highest BCUT2D eigenvalue weighted by Crippen LogP contribution is 2.25. The second kappa shape index (κ2) is 6.81. The number of nitrogens with zero attached hydrogens (tertiary/aromatic N) is 1. The molecule has 26 heavy (non-hydrogen) atoms. The zero-order valence-electron chi connectivity index (χ0n) is 14.3. The average Bonchev–Trinajstić information content (AvgIpc) is 2.69. The predicted molar refractivity (Wildman–Crippen MR) is 103 cm³/mol. The minimum Gasteiger partial charge on any atom is -0.421 e. The predicted octanol–water partition coefficient (Wildman–Crippen LogP) is 5.43. The summed E-state index contributed by atoms with van der Waals surface area (Å²) >= 11 is 0. The number of aromatic nitrogens is 1. The molecule has 0 radical (unpaired) electrons. The number of benzene rings is 3. The van der Waals surface area contributed by atoms with Crippen LogP contribution in [0.3, 0.4) is 0 Å². The van der Waals surface area contributed by atoms with Gasteiger partial charge in [0.05, 0.1) is 5.56 Å². The number of aryl methyl sites for hydroxylation is 1. The van der Waals surface area contributed by atoms with E-state index < -0.39 is 0 Å². The Morgan fingerprint density at radius 3 is 2.27 bits per heavy atom. The molecule has 3 heteroatoms. The van der Waals surface area contributed by atoms with E-state index in [1.165, 1.54) is 0 Å². The molecule has 0 saturated heterocycles. The van der Waals surface area contributed by atoms with Gasteiger partial charge in [-0.2, -0.15) is 0 Å². The number of rotatable bonds is 3. The fourth-order valence-electron chi connectivity index (χ4n) is 2.89. The summed E-state index contributed by atoms with van der Waals surface area (Å²) in [5.74, 6) is 0.0868.